The first kappa shape index (κ1) is 13.5. The molecule has 0 saturated carbocycles. The Bertz CT molecular complexity index is 560. The minimum atomic E-state index is -0.388. The van der Waals surface area contributed by atoms with E-state index in [0.29, 0.717) is 11.6 Å². The summed E-state index contributed by atoms with van der Waals surface area (Å²) in [6.07, 6.45) is -0.388. The van der Waals surface area contributed by atoms with Crippen LogP contribution in [0.15, 0.2) is 24.3 Å². The molecule has 0 spiro atoms. The average molecular weight is 263 g/mol. The molecule has 0 saturated heterocycles. The van der Waals surface area contributed by atoms with Crippen molar-refractivity contribution in [2.24, 2.45) is 0 Å². The van der Waals surface area contributed by atoms with Gasteiger partial charge in [-0.25, -0.2) is 9.37 Å². The predicted octanol–water partition coefficient (Wildman–Crippen LogP) is 3.38. The number of nitrogens with zero attached hydrogens (tertiary/aromatic N) is 2. The molecule has 102 valence electrons. The molecular weight excluding hydrogens is 245 g/mol. The summed E-state index contributed by atoms with van der Waals surface area (Å²) < 4.78 is 19.0. The summed E-state index contributed by atoms with van der Waals surface area (Å²) in [5.74, 6) is 1.13. The maximum atomic E-state index is 13.5. The van der Waals surface area contributed by atoms with Crippen LogP contribution >= 0.6 is 0 Å². The zero-order chi connectivity index (χ0) is 14.0. The summed E-state index contributed by atoms with van der Waals surface area (Å²) in [5.41, 5.74) is -0.132. The molecule has 5 heteroatoms. The lowest BCUT2D eigenvalue weighted by Gasteiger charge is -2.14. The SMILES string of the molecule is CC(Oc1ccccc1F)c1nc(C(C)(C)C)n[nH]1. The number of ether oxygens (including phenoxy) is 1. The Morgan fingerprint density at radius 2 is 1.95 bits per heavy atom. The summed E-state index contributed by atoms with van der Waals surface area (Å²) in [4.78, 5) is 4.39. The van der Waals surface area contributed by atoms with Gasteiger partial charge >= 0.3 is 0 Å². The van der Waals surface area contributed by atoms with E-state index in [1.165, 1.54) is 6.07 Å². The number of hydrogen-bond donors (Lipinski definition) is 1. The first-order valence-corrected chi connectivity index (χ1v) is 6.22. The van der Waals surface area contributed by atoms with Gasteiger partial charge in [0.05, 0.1) is 0 Å². The largest absolute Gasteiger partial charge is 0.480 e. The Hall–Kier alpha value is -1.91. The van der Waals surface area contributed by atoms with Crippen molar-refractivity contribution in [3.05, 3.63) is 41.7 Å². The van der Waals surface area contributed by atoms with E-state index in [1.54, 1.807) is 25.1 Å². The molecule has 1 N–H and O–H groups in total. The Kier molecular flexibility index (Phi) is 3.55. The fraction of sp³-hybridized carbons (Fsp3) is 0.429. The molecule has 19 heavy (non-hydrogen) atoms. The van der Waals surface area contributed by atoms with Gasteiger partial charge in [0.2, 0.25) is 0 Å². The average Bonchev–Trinajstić information content (AvgIpc) is 2.81. The number of halogens is 1. The molecule has 2 aromatic rings. The molecule has 0 fully saturated rings. The van der Waals surface area contributed by atoms with Crippen molar-refractivity contribution in [3.8, 4) is 5.75 Å². The van der Waals surface area contributed by atoms with E-state index in [4.69, 9.17) is 4.74 Å². The Morgan fingerprint density at radius 1 is 1.26 bits per heavy atom. The normalized spacial score (nSPS) is 13.3. The number of H-pyrrole nitrogens is 1. The monoisotopic (exact) mass is 263 g/mol. The van der Waals surface area contributed by atoms with Crippen LogP contribution in [0.3, 0.4) is 0 Å². The lowest BCUT2D eigenvalue weighted by molar-refractivity contribution is 0.207. The molecule has 2 rings (SSSR count). The number of benzene rings is 1. The van der Waals surface area contributed by atoms with E-state index < -0.39 is 0 Å². The van der Waals surface area contributed by atoms with Crippen LogP contribution in [0.4, 0.5) is 4.39 Å². The van der Waals surface area contributed by atoms with E-state index in [9.17, 15) is 4.39 Å². The first-order valence-electron chi connectivity index (χ1n) is 6.22. The molecular formula is C14H18FN3O. The third-order valence-electron chi connectivity index (χ3n) is 2.70. The standard InChI is InChI=1S/C14H18FN3O/c1-9(19-11-8-6-5-7-10(11)15)12-16-13(18-17-12)14(2,3)4/h5-9H,1-4H3,(H,16,17,18). The van der Waals surface area contributed by atoms with Gasteiger partial charge in [0.1, 0.15) is 0 Å². The van der Waals surface area contributed by atoms with Crippen LogP contribution in [-0.2, 0) is 5.41 Å². The summed E-state index contributed by atoms with van der Waals surface area (Å²) in [6.45, 7) is 7.90. The van der Waals surface area contributed by atoms with Gasteiger partial charge in [-0.3, -0.25) is 5.10 Å². The molecule has 0 amide bonds. The highest BCUT2D eigenvalue weighted by Crippen LogP contribution is 2.24. The fourth-order valence-electron chi connectivity index (χ4n) is 1.58. The third kappa shape index (κ3) is 3.10. The number of rotatable bonds is 3. The predicted molar refractivity (Wildman–Crippen MR) is 70.5 cm³/mol. The van der Waals surface area contributed by atoms with E-state index in [-0.39, 0.29) is 23.1 Å². The van der Waals surface area contributed by atoms with Crippen LogP contribution in [0.2, 0.25) is 0 Å². The maximum Gasteiger partial charge on any atom is 0.165 e. The van der Waals surface area contributed by atoms with Gasteiger partial charge in [0.25, 0.3) is 0 Å². The van der Waals surface area contributed by atoms with Crippen molar-refractivity contribution < 1.29 is 9.13 Å². The van der Waals surface area contributed by atoms with Crippen LogP contribution in [-0.4, -0.2) is 15.2 Å². The molecule has 1 aromatic carbocycles. The molecule has 0 aliphatic rings. The molecule has 0 radical (unpaired) electrons. The molecule has 1 unspecified atom stereocenters. The molecule has 1 atom stereocenters. The molecule has 1 heterocycles. The van der Waals surface area contributed by atoms with Crippen molar-refractivity contribution in [2.75, 3.05) is 0 Å². The van der Waals surface area contributed by atoms with Gasteiger partial charge in [-0.15, -0.1) is 0 Å². The first-order chi connectivity index (χ1) is 8.88. The van der Waals surface area contributed by atoms with Crippen LogP contribution in [0.25, 0.3) is 0 Å². The molecule has 1 aromatic heterocycles. The molecule has 0 aliphatic heterocycles. The fourth-order valence-corrected chi connectivity index (χ4v) is 1.58. The zero-order valence-corrected chi connectivity index (χ0v) is 11.6. The smallest absolute Gasteiger partial charge is 0.165 e. The van der Waals surface area contributed by atoms with Gasteiger partial charge in [-0.05, 0) is 19.1 Å². The van der Waals surface area contributed by atoms with E-state index >= 15 is 0 Å². The third-order valence-corrected chi connectivity index (χ3v) is 2.70. The van der Waals surface area contributed by atoms with Gasteiger partial charge in [-0.1, -0.05) is 32.9 Å². The summed E-state index contributed by atoms with van der Waals surface area (Å²) in [6, 6.07) is 6.31. The minimum absolute atomic E-state index is 0.132. The molecule has 4 nitrogen and oxygen atoms in total. The summed E-state index contributed by atoms with van der Waals surface area (Å²) in [7, 11) is 0. The number of para-hydroxylation sites is 1. The highest BCUT2D eigenvalue weighted by molar-refractivity contribution is 5.24. The van der Waals surface area contributed by atoms with E-state index in [2.05, 4.69) is 15.2 Å². The number of nitrogens with one attached hydrogen (secondary N) is 1. The van der Waals surface area contributed by atoms with Gasteiger partial charge in [-0.2, -0.15) is 5.10 Å². The highest BCUT2D eigenvalue weighted by atomic mass is 19.1. The van der Waals surface area contributed by atoms with E-state index in [1.807, 2.05) is 20.8 Å². The molecule has 0 bridgehead atoms. The lowest BCUT2D eigenvalue weighted by Crippen LogP contribution is -2.14. The van der Waals surface area contributed by atoms with Crippen molar-refractivity contribution in [3.63, 3.8) is 0 Å². The second kappa shape index (κ2) is 4.99. The van der Waals surface area contributed by atoms with Crippen molar-refractivity contribution >= 4 is 0 Å². The lowest BCUT2D eigenvalue weighted by atomic mass is 9.96. The van der Waals surface area contributed by atoms with Gasteiger partial charge < -0.3 is 4.74 Å². The number of aromatic amines is 1. The van der Waals surface area contributed by atoms with Crippen LogP contribution in [0.1, 0.15) is 45.4 Å². The van der Waals surface area contributed by atoms with Crippen molar-refractivity contribution in [1.29, 1.82) is 0 Å². The van der Waals surface area contributed by atoms with Crippen LogP contribution in [0, 0.1) is 5.82 Å². The van der Waals surface area contributed by atoms with E-state index in [0.717, 1.165) is 0 Å². The number of aromatic nitrogens is 3. The Labute approximate surface area is 112 Å². The summed E-state index contributed by atoms with van der Waals surface area (Å²) >= 11 is 0. The van der Waals surface area contributed by atoms with Crippen LogP contribution in [0.5, 0.6) is 5.75 Å². The maximum absolute atomic E-state index is 13.5. The van der Waals surface area contributed by atoms with Gasteiger partial charge in [0, 0.05) is 5.41 Å². The second-order valence-electron chi connectivity index (χ2n) is 5.48. The highest BCUT2D eigenvalue weighted by Gasteiger charge is 2.22. The molecule has 0 aliphatic carbocycles. The van der Waals surface area contributed by atoms with Gasteiger partial charge in [0.15, 0.2) is 29.3 Å². The quantitative estimate of drug-likeness (QED) is 0.923. The Morgan fingerprint density at radius 3 is 2.53 bits per heavy atom. The Balaban J connectivity index is 2.15. The minimum Gasteiger partial charge on any atom is -0.480 e. The number of hydrogen-bond acceptors (Lipinski definition) is 3. The summed E-state index contributed by atoms with van der Waals surface area (Å²) in [5, 5.41) is 7.01. The van der Waals surface area contributed by atoms with Crippen molar-refractivity contribution in [2.45, 2.75) is 39.2 Å². The van der Waals surface area contributed by atoms with Crippen molar-refractivity contribution in [1.82, 2.24) is 15.2 Å². The second-order valence-corrected chi connectivity index (χ2v) is 5.48. The zero-order valence-electron chi connectivity index (χ0n) is 11.6. The van der Waals surface area contributed by atoms with Crippen LogP contribution < -0.4 is 4.74 Å². The topological polar surface area (TPSA) is 50.8 Å².